The Morgan fingerprint density at radius 1 is 1.30 bits per heavy atom. The van der Waals surface area contributed by atoms with E-state index in [9.17, 15) is 0 Å². The van der Waals surface area contributed by atoms with E-state index in [1.54, 1.807) is 24.5 Å². The van der Waals surface area contributed by atoms with Crippen molar-refractivity contribution in [3.05, 3.63) is 63.9 Å². The van der Waals surface area contributed by atoms with Gasteiger partial charge in [0.1, 0.15) is 7.11 Å². The summed E-state index contributed by atoms with van der Waals surface area (Å²) < 4.78 is 0. The highest BCUT2D eigenvalue weighted by Crippen LogP contribution is 2.23. The molecule has 1 aromatic heterocycles. The number of halogens is 2. The van der Waals surface area contributed by atoms with Crippen molar-refractivity contribution in [2.24, 2.45) is 5.16 Å². The van der Waals surface area contributed by atoms with Crippen LogP contribution in [0.2, 0.25) is 10.0 Å². The summed E-state index contributed by atoms with van der Waals surface area (Å²) in [5, 5.41) is 5.18. The normalized spacial score (nSPS) is 10.8. The lowest BCUT2D eigenvalue weighted by molar-refractivity contribution is 0.213. The summed E-state index contributed by atoms with van der Waals surface area (Å²) in [5.74, 6) is 0. The minimum atomic E-state index is 0. The molecule has 0 unspecified atom stereocenters. The fraction of sp³-hybridized carbons (Fsp3) is 0.200. The molecule has 1 aromatic carbocycles. The van der Waals surface area contributed by atoms with Crippen LogP contribution in [0.4, 0.5) is 0 Å². The third kappa shape index (κ3) is 4.22. The Balaban J connectivity index is 0.00000200. The Bertz CT molecular complexity index is 586. The van der Waals surface area contributed by atoms with Gasteiger partial charge in [0.05, 0.1) is 10.7 Å². The topological polar surface area (TPSA) is 34.5 Å². The number of oxime groups is 1. The van der Waals surface area contributed by atoms with Gasteiger partial charge in [-0.1, -0.05) is 47.9 Å². The SMILES string of the molecule is C.CO/N=C(\Cc1cccnc1)c1ccc(Cl)cc1Cl. The zero-order valence-electron chi connectivity index (χ0n) is 10.3. The predicted octanol–water partition coefficient (Wildman–Crippen LogP) is 4.62. The molecule has 0 bridgehead atoms. The van der Waals surface area contributed by atoms with E-state index in [-0.39, 0.29) is 7.43 Å². The molecule has 106 valence electrons. The van der Waals surface area contributed by atoms with Gasteiger partial charge in [0, 0.05) is 29.4 Å². The van der Waals surface area contributed by atoms with E-state index in [0.29, 0.717) is 16.5 Å². The van der Waals surface area contributed by atoms with Crippen molar-refractivity contribution in [2.45, 2.75) is 13.8 Å². The van der Waals surface area contributed by atoms with E-state index >= 15 is 0 Å². The number of rotatable bonds is 4. The van der Waals surface area contributed by atoms with E-state index < -0.39 is 0 Å². The van der Waals surface area contributed by atoms with Crippen LogP contribution in [0.25, 0.3) is 0 Å². The summed E-state index contributed by atoms with van der Waals surface area (Å²) in [6, 6.07) is 9.15. The fourth-order valence-electron chi connectivity index (χ4n) is 1.71. The molecule has 0 fully saturated rings. The molecule has 2 aromatic rings. The molecular weight excluding hydrogens is 295 g/mol. The lowest BCUT2D eigenvalue weighted by atomic mass is 10.0. The van der Waals surface area contributed by atoms with Gasteiger partial charge in [0.2, 0.25) is 0 Å². The maximum absolute atomic E-state index is 6.19. The van der Waals surface area contributed by atoms with Gasteiger partial charge in [0.25, 0.3) is 0 Å². The average Bonchev–Trinajstić information content (AvgIpc) is 2.39. The third-order valence-corrected chi connectivity index (χ3v) is 3.09. The Kier molecular flexibility index (Phi) is 6.49. The molecule has 2 rings (SSSR count). The highest BCUT2D eigenvalue weighted by atomic mass is 35.5. The second-order valence-electron chi connectivity index (χ2n) is 3.88. The molecule has 0 spiro atoms. The van der Waals surface area contributed by atoms with Crippen molar-refractivity contribution in [2.75, 3.05) is 7.11 Å². The van der Waals surface area contributed by atoms with Gasteiger partial charge in [-0.3, -0.25) is 4.98 Å². The summed E-state index contributed by atoms with van der Waals surface area (Å²) in [5.41, 5.74) is 2.57. The first kappa shape index (κ1) is 16.5. The Labute approximate surface area is 129 Å². The van der Waals surface area contributed by atoms with Crippen LogP contribution in [-0.2, 0) is 11.3 Å². The minimum absolute atomic E-state index is 0. The molecule has 0 amide bonds. The third-order valence-electron chi connectivity index (χ3n) is 2.54. The molecule has 1 heterocycles. The smallest absolute Gasteiger partial charge is 0.106 e. The van der Waals surface area contributed by atoms with Crippen LogP contribution in [0.1, 0.15) is 18.6 Å². The molecule has 0 saturated carbocycles. The Hall–Kier alpha value is -1.58. The number of aromatic nitrogens is 1. The van der Waals surface area contributed by atoms with Crippen LogP contribution in [0.3, 0.4) is 0 Å². The predicted molar refractivity (Wildman–Crippen MR) is 84.7 cm³/mol. The first-order chi connectivity index (χ1) is 9.20. The molecule has 3 nitrogen and oxygen atoms in total. The van der Waals surface area contributed by atoms with Crippen molar-refractivity contribution in [3.8, 4) is 0 Å². The van der Waals surface area contributed by atoms with Gasteiger partial charge >= 0.3 is 0 Å². The Morgan fingerprint density at radius 2 is 2.10 bits per heavy atom. The lowest BCUT2D eigenvalue weighted by Gasteiger charge is -2.08. The standard InChI is InChI=1S/C14H12Cl2N2O.CH4/c1-19-18-14(7-10-3-2-6-17-9-10)12-5-4-11(15)8-13(12)16;/h2-6,8-9H,7H2,1H3;1H4/b18-14+;. The van der Waals surface area contributed by atoms with Crippen molar-refractivity contribution in [1.29, 1.82) is 0 Å². The van der Waals surface area contributed by atoms with Crippen molar-refractivity contribution in [3.63, 3.8) is 0 Å². The van der Waals surface area contributed by atoms with Gasteiger partial charge < -0.3 is 4.84 Å². The molecule has 0 radical (unpaired) electrons. The van der Waals surface area contributed by atoms with E-state index in [4.69, 9.17) is 28.0 Å². The Morgan fingerprint density at radius 3 is 2.70 bits per heavy atom. The summed E-state index contributed by atoms with van der Waals surface area (Å²) in [6.07, 6.45) is 4.10. The first-order valence-electron chi connectivity index (χ1n) is 5.65. The molecule has 20 heavy (non-hydrogen) atoms. The second kappa shape index (κ2) is 7.88. The summed E-state index contributed by atoms with van der Waals surface area (Å²) in [4.78, 5) is 8.97. The summed E-state index contributed by atoms with van der Waals surface area (Å²) >= 11 is 12.1. The number of benzene rings is 1. The van der Waals surface area contributed by atoms with E-state index in [1.807, 2.05) is 18.2 Å². The summed E-state index contributed by atoms with van der Waals surface area (Å²) in [7, 11) is 1.51. The fourth-order valence-corrected chi connectivity index (χ4v) is 2.22. The number of hydrogen-bond donors (Lipinski definition) is 0. The molecule has 5 heteroatoms. The van der Waals surface area contributed by atoms with Gasteiger partial charge in [-0.05, 0) is 23.8 Å². The van der Waals surface area contributed by atoms with Gasteiger partial charge in [0.15, 0.2) is 0 Å². The molecule has 0 N–H and O–H groups in total. The largest absolute Gasteiger partial charge is 0.399 e. The first-order valence-corrected chi connectivity index (χ1v) is 6.40. The van der Waals surface area contributed by atoms with Crippen molar-refractivity contribution < 1.29 is 4.84 Å². The van der Waals surface area contributed by atoms with Gasteiger partial charge in [-0.25, -0.2) is 0 Å². The monoisotopic (exact) mass is 310 g/mol. The van der Waals surface area contributed by atoms with E-state index in [0.717, 1.165) is 16.8 Å². The quantitative estimate of drug-likeness (QED) is 0.610. The van der Waals surface area contributed by atoms with Crippen LogP contribution in [0.15, 0.2) is 47.9 Å². The lowest BCUT2D eigenvalue weighted by Crippen LogP contribution is -2.07. The highest BCUT2D eigenvalue weighted by molar-refractivity contribution is 6.37. The maximum Gasteiger partial charge on any atom is 0.106 e. The van der Waals surface area contributed by atoms with Crippen LogP contribution in [0, 0.1) is 0 Å². The second-order valence-corrected chi connectivity index (χ2v) is 4.73. The summed E-state index contributed by atoms with van der Waals surface area (Å²) in [6.45, 7) is 0. The van der Waals surface area contributed by atoms with Crippen molar-refractivity contribution in [1.82, 2.24) is 4.98 Å². The highest BCUT2D eigenvalue weighted by Gasteiger charge is 2.11. The molecule has 0 aliphatic carbocycles. The molecule has 0 aliphatic heterocycles. The molecular formula is C15H16Cl2N2O. The molecule has 0 saturated heterocycles. The number of pyridine rings is 1. The van der Waals surface area contributed by atoms with Crippen LogP contribution in [-0.4, -0.2) is 17.8 Å². The maximum atomic E-state index is 6.19. The van der Waals surface area contributed by atoms with Gasteiger partial charge in [-0.15, -0.1) is 0 Å². The zero-order chi connectivity index (χ0) is 13.7. The van der Waals surface area contributed by atoms with Crippen LogP contribution >= 0.6 is 23.2 Å². The zero-order valence-corrected chi connectivity index (χ0v) is 11.8. The average molecular weight is 311 g/mol. The van der Waals surface area contributed by atoms with Crippen molar-refractivity contribution >= 4 is 28.9 Å². The van der Waals surface area contributed by atoms with E-state index in [1.165, 1.54) is 7.11 Å². The van der Waals surface area contributed by atoms with Gasteiger partial charge in [-0.2, -0.15) is 0 Å². The van der Waals surface area contributed by atoms with E-state index in [2.05, 4.69) is 10.1 Å². The van der Waals surface area contributed by atoms with Crippen LogP contribution < -0.4 is 0 Å². The molecule has 0 atom stereocenters. The minimum Gasteiger partial charge on any atom is -0.399 e. The number of hydrogen-bond acceptors (Lipinski definition) is 3. The number of nitrogens with zero attached hydrogens (tertiary/aromatic N) is 2. The van der Waals surface area contributed by atoms with Crippen LogP contribution in [0.5, 0.6) is 0 Å². The molecule has 0 aliphatic rings.